The number of anilines is 1. The number of amides is 1. The van der Waals surface area contributed by atoms with Gasteiger partial charge in [0.05, 0.1) is 24.5 Å². The molecule has 24 heavy (non-hydrogen) atoms. The topological polar surface area (TPSA) is 80.9 Å². The Morgan fingerprint density at radius 2 is 2.17 bits per heavy atom. The van der Waals surface area contributed by atoms with Gasteiger partial charge in [-0.2, -0.15) is 5.10 Å². The zero-order chi connectivity index (χ0) is 16.5. The first kappa shape index (κ1) is 15.3. The van der Waals surface area contributed by atoms with Gasteiger partial charge in [0.2, 0.25) is 5.91 Å². The fourth-order valence-electron chi connectivity index (χ4n) is 3.58. The van der Waals surface area contributed by atoms with Gasteiger partial charge in [-0.05, 0) is 25.7 Å². The third-order valence-corrected chi connectivity index (χ3v) is 4.88. The SMILES string of the molecule is Cn1cc(N2CCCC(NCc3nnc4n3CCCC4)C2=O)cn1. The molecule has 2 aromatic heterocycles. The van der Waals surface area contributed by atoms with E-state index in [0.717, 1.165) is 49.7 Å². The summed E-state index contributed by atoms with van der Waals surface area (Å²) in [6.07, 6.45) is 8.84. The highest BCUT2D eigenvalue weighted by molar-refractivity contribution is 5.97. The second-order valence-corrected chi connectivity index (χ2v) is 6.58. The maximum absolute atomic E-state index is 12.8. The van der Waals surface area contributed by atoms with Crippen LogP contribution >= 0.6 is 0 Å². The summed E-state index contributed by atoms with van der Waals surface area (Å²) in [6, 6.07) is -0.171. The molecule has 1 unspecified atom stereocenters. The van der Waals surface area contributed by atoms with Crippen LogP contribution in [0, 0.1) is 0 Å². The standard InChI is InChI=1S/C16H23N7O/c1-21-11-12(9-18-21)22-8-4-5-13(16(22)24)17-10-15-20-19-14-6-2-3-7-23(14)15/h9,11,13,17H,2-8,10H2,1H3. The fourth-order valence-corrected chi connectivity index (χ4v) is 3.58. The van der Waals surface area contributed by atoms with E-state index in [4.69, 9.17) is 0 Å². The molecule has 0 aromatic carbocycles. The number of fused-ring (bicyclic) bond motifs is 1. The lowest BCUT2D eigenvalue weighted by Gasteiger charge is -2.31. The van der Waals surface area contributed by atoms with Crippen molar-refractivity contribution in [2.45, 2.75) is 51.2 Å². The molecule has 1 saturated heterocycles. The highest BCUT2D eigenvalue weighted by atomic mass is 16.2. The molecule has 0 aliphatic carbocycles. The van der Waals surface area contributed by atoms with Gasteiger partial charge in [0.15, 0.2) is 0 Å². The van der Waals surface area contributed by atoms with Crippen molar-refractivity contribution >= 4 is 11.6 Å². The Bertz CT molecular complexity index is 735. The Balaban J connectivity index is 1.43. The number of carbonyl (C=O) groups is 1. The molecule has 0 radical (unpaired) electrons. The lowest BCUT2D eigenvalue weighted by Crippen LogP contribution is -2.50. The molecule has 1 atom stereocenters. The summed E-state index contributed by atoms with van der Waals surface area (Å²) in [4.78, 5) is 14.6. The number of hydrogen-bond donors (Lipinski definition) is 1. The Morgan fingerprint density at radius 3 is 3.00 bits per heavy atom. The summed E-state index contributed by atoms with van der Waals surface area (Å²) in [7, 11) is 1.86. The summed E-state index contributed by atoms with van der Waals surface area (Å²) in [5, 5.41) is 16.1. The van der Waals surface area contributed by atoms with Crippen molar-refractivity contribution in [2.75, 3.05) is 11.4 Å². The van der Waals surface area contributed by atoms with Crippen molar-refractivity contribution in [2.24, 2.45) is 7.05 Å². The molecule has 0 spiro atoms. The molecule has 2 aliphatic rings. The first-order valence-corrected chi connectivity index (χ1v) is 8.67. The summed E-state index contributed by atoms with van der Waals surface area (Å²) < 4.78 is 3.92. The number of piperidine rings is 1. The molecular weight excluding hydrogens is 306 g/mol. The van der Waals surface area contributed by atoms with Gasteiger partial charge in [-0.15, -0.1) is 10.2 Å². The average Bonchev–Trinajstić information content (AvgIpc) is 3.20. The van der Waals surface area contributed by atoms with E-state index in [9.17, 15) is 4.79 Å². The number of aryl methyl sites for hydroxylation is 2. The Morgan fingerprint density at radius 1 is 1.25 bits per heavy atom. The van der Waals surface area contributed by atoms with Gasteiger partial charge in [-0.1, -0.05) is 0 Å². The van der Waals surface area contributed by atoms with E-state index in [1.807, 2.05) is 18.1 Å². The van der Waals surface area contributed by atoms with Crippen LogP contribution in [0.5, 0.6) is 0 Å². The molecule has 1 N–H and O–H groups in total. The minimum atomic E-state index is -0.171. The first-order chi connectivity index (χ1) is 11.7. The van der Waals surface area contributed by atoms with Gasteiger partial charge in [-0.3, -0.25) is 14.8 Å². The van der Waals surface area contributed by atoms with Crippen LogP contribution in [0.25, 0.3) is 0 Å². The first-order valence-electron chi connectivity index (χ1n) is 8.67. The van der Waals surface area contributed by atoms with E-state index in [0.29, 0.717) is 6.54 Å². The summed E-state index contributed by atoms with van der Waals surface area (Å²) in [5.74, 6) is 2.13. The van der Waals surface area contributed by atoms with Crippen LogP contribution in [-0.4, -0.2) is 43.0 Å². The molecular formula is C16H23N7O. The summed E-state index contributed by atoms with van der Waals surface area (Å²) in [6.45, 7) is 2.33. The maximum Gasteiger partial charge on any atom is 0.244 e. The molecule has 2 aromatic rings. The molecule has 0 bridgehead atoms. The number of rotatable bonds is 4. The van der Waals surface area contributed by atoms with Crippen LogP contribution in [-0.2, 0) is 31.4 Å². The molecule has 0 saturated carbocycles. The lowest BCUT2D eigenvalue weighted by atomic mass is 10.0. The van der Waals surface area contributed by atoms with Crippen molar-refractivity contribution in [3.63, 3.8) is 0 Å². The van der Waals surface area contributed by atoms with Crippen LogP contribution in [0.3, 0.4) is 0 Å². The smallest absolute Gasteiger partial charge is 0.244 e. The van der Waals surface area contributed by atoms with Crippen LogP contribution in [0.4, 0.5) is 5.69 Å². The average molecular weight is 329 g/mol. The summed E-state index contributed by atoms with van der Waals surface area (Å²) >= 11 is 0. The second kappa shape index (κ2) is 6.35. The number of aromatic nitrogens is 5. The predicted molar refractivity (Wildman–Crippen MR) is 88.4 cm³/mol. The van der Waals surface area contributed by atoms with Gasteiger partial charge in [-0.25, -0.2) is 0 Å². The van der Waals surface area contributed by atoms with Gasteiger partial charge in [0.1, 0.15) is 11.6 Å². The number of nitrogens with one attached hydrogen (secondary N) is 1. The highest BCUT2D eigenvalue weighted by Gasteiger charge is 2.30. The van der Waals surface area contributed by atoms with Crippen LogP contribution in [0.15, 0.2) is 12.4 Å². The van der Waals surface area contributed by atoms with Gasteiger partial charge in [0.25, 0.3) is 0 Å². The largest absolute Gasteiger partial charge is 0.314 e. The third-order valence-electron chi connectivity index (χ3n) is 4.88. The van der Waals surface area contributed by atoms with Crippen molar-refractivity contribution in [1.82, 2.24) is 29.9 Å². The molecule has 4 heterocycles. The van der Waals surface area contributed by atoms with Crippen molar-refractivity contribution in [1.29, 1.82) is 0 Å². The number of hydrogen-bond acceptors (Lipinski definition) is 5. The second-order valence-electron chi connectivity index (χ2n) is 6.58. The Kier molecular flexibility index (Phi) is 4.05. The quantitative estimate of drug-likeness (QED) is 0.890. The predicted octanol–water partition coefficient (Wildman–Crippen LogP) is 0.633. The van der Waals surface area contributed by atoms with Gasteiger partial charge < -0.3 is 9.47 Å². The van der Waals surface area contributed by atoms with Crippen molar-refractivity contribution in [3.05, 3.63) is 24.0 Å². The Hall–Kier alpha value is -2.22. The zero-order valence-electron chi connectivity index (χ0n) is 14.0. The molecule has 8 nitrogen and oxygen atoms in total. The van der Waals surface area contributed by atoms with Crippen LogP contribution in [0.1, 0.15) is 37.3 Å². The lowest BCUT2D eigenvalue weighted by molar-refractivity contribution is -0.121. The van der Waals surface area contributed by atoms with E-state index in [1.54, 1.807) is 10.9 Å². The zero-order valence-corrected chi connectivity index (χ0v) is 14.0. The minimum absolute atomic E-state index is 0.118. The van der Waals surface area contributed by atoms with E-state index in [-0.39, 0.29) is 11.9 Å². The molecule has 2 aliphatic heterocycles. The van der Waals surface area contributed by atoms with E-state index in [2.05, 4.69) is 25.2 Å². The monoisotopic (exact) mass is 329 g/mol. The Labute approximate surface area is 140 Å². The van der Waals surface area contributed by atoms with Gasteiger partial charge >= 0.3 is 0 Å². The molecule has 1 amide bonds. The molecule has 128 valence electrons. The molecule has 8 heteroatoms. The number of carbonyl (C=O) groups excluding carboxylic acids is 1. The van der Waals surface area contributed by atoms with Crippen molar-refractivity contribution < 1.29 is 4.79 Å². The van der Waals surface area contributed by atoms with E-state index >= 15 is 0 Å². The van der Waals surface area contributed by atoms with E-state index < -0.39 is 0 Å². The highest BCUT2D eigenvalue weighted by Crippen LogP contribution is 2.21. The summed E-state index contributed by atoms with van der Waals surface area (Å²) in [5.41, 5.74) is 0.869. The maximum atomic E-state index is 12.8. The molecule has 1 fully saturated rings. The van der Waals surface area contributed by atoms with Crippen molar-refractivity contribution in [3.8, 4) is 0 Å². The fraction of sp³-hybridized carbons (Fsp3) is 0.625. The van der Waals surface area contributed by atoms with Crippen LogP contribution < -0.4 is 10.2 Å². The van der Waals surface area contributed by atoms with E-state index in [1.165, 1.54) is 12.8 Å². The van der Waals surface area contributed by atoms with Crippen LogP contribution in [0.2, 0.25) is 0 Å². The van der Waals surface area contributed by atoms with Gasteiger partial charge in [0, 0.05) is 32.8 Å². The normalized spacial score (nSPS) is 21.1. The minimum Gasteiger partial charge on any atom is -0.314 e. The third kappa shape index (κ3) is 2.82. The number of nitrogens with zero attached hydrogens (tertiary/aromatic N) is 6. The molecule has 4 rings (SSSR count).